The number of hydrogen-bond acceptors (Lipinski definition) is 1. The van der Waals surface area contributed by atoms with Crippen molar-refractivity contribution in [3.8, 4) is 6.07 Å². The van der Waals surface area contributed by atoms with Gasteiger partial charge in [0, 0.05) is 29.6 Å². The monoisotopic (exact) mass is 278 g/mol. The number of hydrogen-bond donors (Lipinski definition) is 0. The van der Waals surface area contributed by atoms with E-state index in [4.69, 9.17) is 5.26 Å². The number of nitrogens with zero attached hydrogens (tertiary/aromatic N) is 2. The first kappa shape index (κ1) is 13.9. The van der Waals surface area contributed by atoms with Crippen molar-refractivity contribution in [1.82, 2.24) is 4.57 Å². The van der Waals surface area contributed by atoms with Crippen molar-refractivity contribution in [2.24, 2.45) is 11.3 Å². The number of nitriles is 1. The summed E-state index contributed by atoms with van der Waals surface area (Å²) in [6.45, 7) is 11.5. The highest BCUT2D eigenvalue weighted by Gasteiger charge is 2.59. The van der Waals surface area contributed by atoms with Crippen LogP contribution in [0, 0.1) is 29.6 Å². The third-order valence-electron chi connectivity index (χ3n) is 5.26. The highest BCUT2D eigenvalue weighted by molar-refractivity contribution is 5.87. The number of rotatable bonds is 4. The van der Waals surface area contributed by atoms with Gasteiger partial charge in [-0.3, -0.25) is 0 Å². The van der Waals surface area contributed by atoms with Crippen molar-refractivity contribution in [2.75, 3.05) is 0 Å². The Balaban J connectivity index is 2.18. The van der Waals surface area contributed by atoms with E-state index in [0.29, 0.717) is 18.3 Å². The van der Waals surface area contributed by atoms with E-state index in [1.807, 2.05) is 6.08 Å². The molecule has 1 saturated carbocycles. The van der Waals surface area contributed by atoms with Gasteiger partial charge in [0.05, 0.1) is 6.07 Å². The van der Waals surface area contributed by atoms with Crippen LogP contribution in [0.3, 0.4) is 0 Å². The molecule has 0 saturated heterocycles. The standard InChI is InChI=1S/C19H22N2/c1-5-12-21-13(2)17(14-8-6-7-9-16(14)21)18-15(10-11-20)19(18,3)4/h5-9,15,18H,1,10,12H2,2-4H3. The lowest BCUT2D eigenvalue weighted by atomic mass is 10.0. The van der Waals surface area contributed by atoms with E-state index < -0.39 is 0 Å². The molecule has 1 aliphatic rings. The van der Waals surface area contributed by atoms with Gasteiger partial charge in [-0.25, -0.2) is 0 Å². The molecule has 0 N–H and O–H groups in total. The summed E-state index contributed by atoms with van der Waals surface area (Å²) in [7, 11) is 0. The highest BCUT2D eigenvalue weighted by Crippen LogP contribution is 2.67. The fourth-order valence-corrected chi connectivity index (χ4v) is 4.01. The lowest BCUT2D eigenvalue weighted by Crippen LogP contribution is -1.99. The molecule has 0 radical (unpaired) electrons. The smallest absolute Gasteiger partial charge is 0.0625 e. The van der Waals surface area contributed by atoms with Crippen LogP contribution >= 0.6 is 0 Å². The van der Waals surface area contributed by atoms with Crippen LogP contribution in [0.2, 0.25) is 0 Å². The Bertz CT molecular complexity index is 743. The van der Waals surface area contributed by atoms with Gasteiger partial charge < -0.3 is 4.57 Å². The van der Waals surface area contributed by atoms with E-state index in [9.17, 15) is 0 Å². The van der Waals surface area contributed by atoms with Crippen LogP contribution in [0.1, 0.15) is 37.4 Å². The van der Waals surface area contributed by atoms with Gasteiger partial charge in [0.1, 0.15) is 0 Å². The summed E-state index contributed by atoms with van der Waals surface area (Å²) in [4.78, 5) is 0. The predicted octanol–water partition coefficient (Wildman–Crippen LogP) is 4.79. The number of fused-ring (bicyclic) bond motifs is 1. The van der Waals surface area contributed by atoms with Crippen molar-refractivity contribution in [3.63, 3.8) is 0 Å². The molecule has 2 heteroatoms. The summed E-state index contributed by atoms with van der Waals surface area (Å²) in [5, 5.41) is 10.4. The molecule has 21 heavy (non-hydrogen) atoms. The topological polar surface area (TPSA) is 28.7 Å². The SMILES string of the molecule is C=CCn1c(C)c(C2C(CC#N)C2(C)C)c2ccccc21. The third kappa shape index (κ3) is 1.92. The Morgan fingerprint density at radius 1 is 1.38 bits per heavy atom. The zero-order chi connectivity index (χ0) is 15.2. The molecule has 0 aliphatic heterocycles. The summed E-state index contributed by atoms with van der Waals surface area (Å²) in [5.41, 5.74) is 4.28. The fourth-order valence-electron chi connectivity index (χ4n) is 4.01. The summed E-state index contributed by atoms with van der Waals surface area (Å²) in [6.07, 6.45) is 2.60. The molecule has 1 fully saturated rings. The van der Waals surface area contributed by atoms with Gasteiger partial charge in [-0.15, -0.1) is 6.58 Å². The van der Waals surface area contributed by atoms with Crippen LogP contribution in [0.4, 0.5) is 0 Å². The fraction of sp³-hybridized carbons (Fsp3) is 0.421. The highest BCUT2D eigenvalue weighted by atomic mass is 15.0. The van der Waals surface area contributed by atoms with Gasteiger partial charge in [0.15, 0.2) is 0 Å². The largest absolute Gasteiger partial charge is 0.341 e. The van der Waals surface area contributed by atoms with Gasteiger partial charge in [-0.2, -0.15) is 5.26 Å². The first-order valence-electron chi connectivity index (χ1n) is 7.59. The normalized spacial score (nSPS) is 23.0. The Labute approximate surface area is 126 Å². The van der Waals surface area contributed by atoms with Crippen LogP contribution in [-0.4, -0.2) is 4.57 Å². The van der Waals surface area contributed by atoms with E-state index in [0.717, 1.165) is 6.54 Å². The van der Waals surface area contributed by atoms with Gasteiger partial charge in [0.2, 0.25) is 0 Å². The zero-order valence-corrected chi connectivity index (χ0v) is 13.1. The summed E-state index contributed by atoms with van der Waals surface area (Å²) in [5.74, 6) is 0.970. The van der Waals surface area contributed by atoms with Crippen molar-refractivity contribution < 1.29 is 0 Å². The molecule has 108 valence electrons. The van der Waals surface area contributed by atoms with Crippen molar-refractivity contribution in [3.05, 3.63) is 48.2 Å². The maximum Gasteiger partial charge on any atom is 0.0625 e. The molecule has 2 nitrogen and oxygen atoms in total. The average molecular weight is 278 g/mol. The van der Waals surface area contributed by atoms with Gasteiger partial charge in [-0.05, 0) is 35.8 Å². The number of aromatic nitrogens is 1. The van der Waals surface area contributed by atoms with Gasteiger partial charge >= 0.3 is 0 Å². The molecule has 3 rings (SSSR count). The van der Waals surface area contributed by atoms with E-state index in [-0.39, 0.29) is 5.41 Å². The zero-order valence-electron chi connectivity index (χ0n) is 13.1. The summed E-state index contributed by atoms with van der Waals surface area (Å²) < 4.78 is 2.34. The second kappa shape index (κ2) is 4.77. The van der Waals surface area contributed by atoms with E-state index in [2.05, 4.69) is 62.3 Å². The number of allylic oxidation sites excluding steroid dienone is 1. The van der Waals surface area contributed by atoms with Crippen LogP contribution in [0.5, 0.6) is 0 Å². The Hall–Kier alpha value is -2.01. The van der Waals surface area contributed by atoms with Gasteiger partial charge in [-0.1, -0.05) is 38.1 Å². The first-order valence-corrected chi connectivity index (χ1v) is 7.59. The molecule has 0 spiro atoms. The summed E-state index contributed by atoms with van der Waals surface area (Å²) >= 11 is 0. The van der Waals surface area contributed by atoms with Crippen molar-refractivity contribution >= 4 is 10.9 Å². The molecule has 1 heterocycles. The molecule has 2 atom stereocenters. The van der Waals surface area contributed by atoms with Crippen LogP contribution in [0.15, 0.2) is 36.9 Å². The molecule has 2 unspecified atom stereocenters. The van der Waals surface area contributed by atoms with Crippen LogP contribution in [-0.2, 0) is 6.54 Å². The molecule has 0 bridgehead atoms. The maximum absolute atomic E-state index is 9.08. The predicted molar refractivity (Wildman–Crippen MR) is 87.1 cm³/mol. The van der Waals surface area contributed by atoms with Crippen molar-refractivity contribution in [1.29, 1.82) is 5.26 Å². The van der Waals surface area contributed by atoms with Crippen LogP contribution in [0.25, 0.3) is 10.9 Å². The molecule has 1 aromatic carbocycles. The molecule has 1 aliphatic carbocycles. The lowest BCUT2D eigenvalue weighted by molar-refractivity contribution is 0.559. The quantitative estimate of drug-likeness (QED) is 0.739. The van der Waals surface area contributed by atoms with E-state index >= 15 is 0 Å². The van der Waals surface area contributed by atoms with Gasteiger partial charge in [0.25, 0.3) is 0 Å². The second-order valence-corrected chi connectivity index (χ2v) is 6.68. The van der Waals surface area contributed by atoms with E-state index in [1.54, 1.807) is 0 Å². The Kier molecular flexibility index (Phi) is 3.17. The molecule has 2 aromatic rings. The minimum atomic E-state index is 0.226. The minimum Gasteiger partial charge on any atom is -0.341 e. The minimum absolute atomic E-state index is 0.226. The third-order valence-corrected chi connectivity index (χ3v) is 5.26. The second-order valence-electron chi connectivity index (χ2n) is 6.68. The molecule has 1 aromatic heterocycles. The summed E-state index contributed by atoms with van der Waals surface area (Å²) in [6, 6.07) is 11.0. The van der Waals surface area contributed by atoms with Crippen LogP contribution < -0.4 is 0 Å². The molecular formula is C19H22N2. The number of para-hydroxylation sites is 1. The maximum atomic E-state index is 9.08. The average Bonchev–Trinajstić information content (AvgIpc) is 2.86. The first-order chi connectivity index (χ1) is 10.0. The lowest BCUT2D eigenvalue weighted by Gasteiger charge is -2.06. The van der Waals surface area contributed by atoms with Crippen molar-refractivity contribution in [2.45, 2.75) is 39.7 Å². The Morgan fingerprint density at radius 2 is 2.10 bits per heavy atom. The number of benzene rings is 1. The molecular weight excluding hydrogens is 256 g/mol. The molecule has 0 amide bonds. The van der Waals surface area contributed by atoms with E-state index in [1.165, 1.54) is 22.2 Å². The Morgan fingerprint density at radius 3 is 2.76 bits per heavy atom.